The highest BCUT2D eigenvalue weighted by Gasteiger charge is 2.16. The zero-order chi connectivity index (χ0) is 15.6. The SMILES string of the molecule is Cc1c(NC(=S)NN(C)C)c(=O)n(-c2ccccc2)n1C. The number of aromatic nitrogens is 2. The highest BCUT2D eigenvalue weighted by atomic mass is 32.1. The van der Waals surface area contributed by atoms with Gasteiger partial charge >= 0.3 is 0 Å². The fourth-order valence-corrected chi connectivity index (χ4v) is 2.34. The summed E-state index contributed by atoms with van der Waals surface area (Å²) in [4.78, 5) is 12.6. The van der Waals surface area contributed by atoms with Crippen LogP contribution in [0.25, 0.3) is 5.69 Å². The largest absolute Gasteiger partial charge is 0.326 e. The molecule has 21 heavy (non-hydrogen) atoms. The molecule has 0 atom stereocenters. The Hall–Kier alpha value is -2.12. The van der Waals surface area contributed by atoms with E-state index < -0.39 is 0 Å². The summed E-state index contributed by atoms with van der Waals surface area (Å²) >= 11 is 5.18. The molecule has 1 aromatic heterocycles. The summed E-state index contributed by atoms with van der Waals surface area (Å²) in [5.41, 5.74) is 4.87. The monoisotopic (exact) mass is 305 g/mol. The topological polar surface area (TPSA) is 54.2 Å². The Bertz CT molecular complexity index is 702. The molecule has 0 radical (unpaired) electrons. The van der Waals surface area contributed by atoms with Crippen LogP contribution in [-0.4, -0.2) is 33.6 Å². The van der Waals surface area contributed by atoms with E-state index in [1.165, 1.54) is 0 Å². The van der Waals surface area contributed by atoms with Gasteiger partial charge in [0, 0.05) is 21.1 Å². The lowest BCUT2D eigenvalue weighted by Crippen LogP contribution is -2.40. The number of para-hydroxylation sites is 1. The van der Waals surface area contributed by atoms with E-state index in [1.54, 1.807) is 14.4 Å². The number of hydrogen-bond donors (Lipinski definition) is 2. The molecule has 0 fully saturated rings. The third-order valence-electron chi connectivity index (χ3n) is 3.12. The third-order valence-corrected chi connectivity index (χ3v) is 3.31. The molecule has 0 saturated carbocycles. The van der Waals surface area contributed by atoms with Crippen LogP contribution < -0.4 is 16.3 Å². The van der Waals surface area contributed by atoms with Crippen LogP contribution in [0.5, 0.6) is 0 Å². The van der Waals surface area contributed by atoms with Gasteiger partial charge in [-0.2, -0.15) is 0 Å². The third kappa shape index (κ3) is 3.14. The number of hydrogen-bond acceptors (Lipinski definition) is 3. The van der Waals surface area contributed by atoms with Crippen LogP contribution >= 0.6 is 12.2 Å². The van der Waals surface area contributed by atoms with Crippen LogP contribution in [0.15, 0.2) is 35.1 Å². The van der Waals surface area contributed by atoms with Gasteiger partial charge < -0.3 is 5.32 Å². The van der Waals surface area contributed by atoms with Crippen molar-refractivity contribution < 1.29 is 0 Å². The van der Waals surface area contributed by atoms with E-state index in [0.717, 1.165) is 11.4 Å². The Morgan fingerprint density at radius 2 is 1.86 bits per heavy atom. The summed E-state index contributed by atoms with van der Waals surface area (Å²) in [5.74, 6) is 0. The average molecular weight is 305 g/mol. The zero-order valence-corrected chi connectivity index (χ0v) is 13.4. The van der Waals surface area contributed by atoms with Crippen LogP contribution in [-0.2, 0) is 7.05 Å². The molecule has 1 heterocycles. The van der Waals surface area contributed by atoms with Crippen molar-refractivity contribution in [2.45, 2.75) is 6.92 Å². The lowest BCUT2D eigenvalue weighted by atomic mass is 10.3. The molecule has 2 aromatic rings. The molecule has 0 unspecified atom stereocenters. The van der Waals surface area contributed by atoms with Gasteiger partial charge in [-0.05, 0) is 31.3 Å². The van der Waals surface area contributed by atoms with Gasteiger partial charge in [-0.25, -0.2) is 9.69 Å². The van der Waals surface area contributed by atoms with Crippen molar-refractivity contribution in [3.8, 4) is 5.69 Å². The molecule has 2 rings (SSSR count). The van der Waals surface area contributed by atoms with Crippen molar-refractivity contribution >= 4 is 23.0 Å². The first-order valence-corrected chi connectivity index (χ1v) is 6.91. The summed E-state index contributed by atoms with van der Waals surface area (Å²) in [5, 5.41) is 5.06. The molecule has 0 aliphatic heterocycles. The van der Waals surface area contributed by atoms with Gasteiger partial charge in [-0.3, -0.25) is 14.9 Å². The zero-order valence-electron chi connectivity index (χ0n) is 12.5. The maximum atomic E-state index is 12.6. The fourth-order valence-electron chi connectivity index (χ4n) is 2.06. The van der Waals surface area contributed by atoms with E-state index >= 15 is 0 Å². The summed E-state index contributed by atoms with van der Waals surface area (Å²) in [6.07, 6.45) is 0. The second-order valence-electron chi connectivity index (χ2n) is 4.90. The molecule has 0 amide bonds. The molecule has 6 nitrogen and oxygen atoms in total. The van der Waals surface area contributed by atoms with Gasteiger partial charge in [0.1, 0.15) is 5.69 Å². The van der Waals surface area contributed by atoms with Crippen molar-refractivity contribution in [1.82, 2.24) is 19.8 Å². The van der Waals surface area contributed by atoms with Crippen LogP contribution in [0.1, 0.15) is 5.69 Å². The van der Waals surface area contributed by atoms with Crippen LogP contribution in [0.3, 0.4) is 0 Å². The van der Waals surface area contributed by atoms with E-state index in [1.807, 2.05) is 58.4 Å². The highest BCUT2D eigenvalue weighted by molar-refractivity contribution is 7.80. The Kier molecular flexibility index (Phi) is 4.44. The minimum atomic E-state index is -0.135. The predicted molar refractivity (Wildman–Crippen MR) is 88.8 cm³/mol. The fraction of sp³-hybridized carbons (Fsp3) is 0.286. The first-order chi connectivity index (χ1) is 9.91. The maximum absolute atomic E-state index is 12.6. The average Bonchev–Trinajstić information content (AvgIpc) is 2.63. The quantitative estimate of drug-likeness (QED) is 0.660. The number of anilines is 1. The van der Waals surface area contributed by atoms with Crippen molar-refractivity contribution in [1.29, 1.82) is 0 Å². The highest BCUT2D eigenvalue weighted by Crippen LogP contribution is 2.13. The van der Waals surface area contributed by atoms with Gasteiger partial charge in [0.15, 0.2) is 5.11 Å². The van der Waals surface area contributed by atoms with Gasteiger partial charge in [-0.1, -0.05) is 18.2 Å². The van der Waals surface area contributed by atoms with E-state index in [2.05, 4.69) is 10.7 Å². The first-order valence-electron chi connectivity index (χ1n) is 6.50. The lowest BCUT2D eigenvalue weighted by molar-refractivity contribution is 0.365. The molecule has 0 saturated heterocycles. The lowest BCUT2D eigenvalue weighted by Gasteiger charge is -2.14. The molecule has 0 bridgehead atoms. The predicted octanol–water partition coefficient (Wildman–Crippen LogP) is 1.25. The smallest absolute Gasteiger partial charge is 0.295 e. The van der Waals surface area contributed by atoms with E-state index in [-0.39, 0.29) is 5.56 Å². The molecule has 7 heteroatoms. The standard InChI is InChI=1S/C14H19N5OS/c1-10-12(15-14(21)16-17(2)3)13(20)19(18(10)4)11-8-6-5-7-9-11/h5-9H,1-4H3,(H2,15,16,21). The molecule has 112 valence electrons. The minimum Gasteiger partial charge on any atom is -0.326 e. The molecule has 1 aromatic carbocycles. The molecule has 2 N–H and O–H groups in total. The Morgan fingerprint density at radius 1 is 1.24 bits per heavy atom. The van der Waals surface area contributed by atoms with Crippen LogP contribution in [0.2, 0.25) is 0 Å². The van der Waals surface area contributed by atoms with E-state index in [9.17, 15) is 4.79 Å². The van der Waals surface area contributed by atoms with Gasteiger partial charge in [0.2, 0.25) is 0 Å². The second kappa shape index (κ2) is 6.11. The molecule has 0 aliphatic carbocycles. The molecular formula is C14H19N5OS. The number of nitrogens with zero attached hydrogens (tertiary/aromatic N) is 3. The number of rotatable bonds is 3. The summed E-state index contributed by atoms with van der Waals surface area (Å²) in [7, 11) is 5.50. The number of benzene rings is 1. The summed E-state index contributed by atoms with van der Waals surface area (Å²) in [6.45, 7) is 1.88. The van der Waals surface area contributed by atoms with Gasteiger partial charge in [0.05, 0.1) is 11.4 Å². The number of hydrazine groups is 1. The normalized spacial score (nSPS) is 10.7. The number of nitrogens with one attached hydrogen (secondary N) is 2. The van der Waals surface area contributed by atoms with Crippen molar-refractivity contribution in [2.75, 3.05) is 19.4 Å². The Morgan fingerprint density at radius 3 is 2.43 bits per heavy atom. The van der Waals surface area contributed by atoms with Crippen molar-refractivity contribution in [3.63, 3.8) is 0 Å². The maximum Gasteiger partial charge on any atom is 0.295 e. The van der Waals surface area contributed by atoms with Crippen molar-refractivity contribution in [3.05, 3.63) is 46.4 Å². The first kappa shape index (κ1) is 15.3. The Labute approximate surface area is 128 Å². The second-order valence-corrected chi connectivity index (χ2v) is 5.31. The van der Waals surface area contributed by atoms with Gasteiger partial charge in [0.25, 0.3) is 5.56 Å². The van der Waals surface area contributed by atoms with E-state index in [0.29, 0.717) is 10.8 Å². The summed E-state index contributed by atoms with van der Waals surface area (Å²) < 4.78 is 3.41. The van der Waals surface area contributed by atoms with Crippen LogP contribution in [0.4, 0.5) is 5.69 Å². The van der Waals surface area contributed by atoms with E-state index in [4.69, 9.17) is 12.2 Å². The van der Waals surface area contributed by atoms with Gasteiger partial charge in [-0.15, -0.1) is 0 Å². The molecule has 0 aliphatic rings. The summed E-state index contributed by atoms with van der Waals surface area (Å²) in [6, 6.07) is 9.49. The Balaban J connectivity index is 2.42. The van der Waals surface area contributed by atoms with Crippen LogP contribution in [0, 0.1) is 6.92 Å². The molecule has 0 spiro atoms. The van der Waals surface area contributed by atoms with Crippen molar-refractivity contribution in [2.24, 2.45) is 7.05 Å². The minimum absolute atomic E-state index is 0.135. The molecular weight excluding hydrogens is 286 g/mol. The number of thiocarbonyl (C=S) groups is 1.